The monoisotopic (exact) mass is 278 g/mol. The molecule has 0 saturated heterocycles. The van der Waals surface area contributed by atoms with Gasteiger partial charge in [0.2, 0.25) is 8.87 Å². The highest BCUT2D eigenvalue weighted by Crippen LogP contribution is 2.10. The Morgan fingerprint density at radius 3 is 2.29 bits per heavy atom. The fourth-order valence-corrected chi connectivity index (χ4v) is 2.88. The van der Waals surface area contributed by atoms with Gasteiger partial charge in [0.15, 0.2) is 0 Å². The van der Waals surface area contributed by atoms with Crippen molar-refractivity contribution in [2.45, 2.75) is 12.8 Å². The molecular weight excluding hydrogens is 264 g/mol. The van der Waals surface area contributed by atoms with Crippen LogP contribution in [-0.4, -0.2) is 37.5 Å². The fourth-order valence-electron chi connectivity index (χ4n) is 0.675. The summed E-state index contributed by atoms with van der Waals surface area (Å²) in [5.41, 5.74) is 0. The summed E-state index contributed by atoms with van der Waals surface area (Å²) in [6, 6.07) is 0. The van der Waals surface area contributed by atoms with Crippen molar-refractivity contribution in [2.24, 2.45) is 0 Å². The first-order valence-electron chi connectivity index (χ1n) is 3.89. The van der Waals surface area contributed by atoms with Gasteiger partial charge in [-0.05, 0) is 29.9 Å². The molecule has 0 N–H and O–H groups in total. The van der Waals surface area contributed by atoms with Crippen LogP contribution in [0.15, 0.2) is 0 Å². The van der Waals surface area contributed by atoms with Gasteiger partial charge in [0.05, 0.1) is 12.4 Å². The summed E-state index contributed by atoms with van der Waals surface area (Å²) in [6.45, 7) is 0.253. The highest BCUT2D eigenvalue weighted by molar-refractivity contribution is 8.71. The van der Waals surface area contributed by atoms with E-state index in [-0.39, 0.29) is 12.4 Å². The average Bonchev–Trinajstić information content (AvgIpc) is 2.01. The van der Waals surface area contributed by atoms with Crippen molar-refractivity contribution in [3.8, 4) is 0 Å². The van der Waals surface area contributed by atoms with Crippen LogP contribution in [0.4, 0.5) is 0 Å². The Bertz CT molecular complexity index is 342. The molecule has 1 unspecified atom stereocenters. The van der Waals surface area contributed by atoms with E-state index >= 15 is 0 Å². The van der Waals surface area contributed by atoms with Crippen LogP contribution in [0.5, 0.6) is 0 Å². The van der Waals surface area contributed by atoms with Gasteiger partial charge in [-0.2, -0.15) is 0 Å². The van der Waals surface area contributed by atoms with E-state index in [4.69, 9.17) is 4.18 Å². The van der Waals surface area contributed by atoms with Crippen LogP contribution in [0.3, 0.4) is 0 Å². The summed E-state index contributed by atoms with van der Waals surface area (Å²) >= 11 is 4.51. The van der Waals surface area contributed by atoms with Crippen molar-refractivity contribution in [2.75, 3.05) is 24.9 Å². The first kappa shape index (κ1) is 14.6. The van der Waals surface area contributed by atoms with Gasteiger partial charge in [0.1, 0.15) is 8.77 Å². The lowest BCUT2D eigenvalue weighted by atomic mass is 10.4. The van der Waals surface area contributed by atoms with E-state index in [1.807, 2.05) is 0 Å². The van der Waals surface area contributed by atoms with Gasteiger partial charge in [-0.3, -0.25) is 4.18 Å². The second-order valence-corrected chi connectivity index (χ2v) is 10.5. The molecule has 0 heterocycles. The smallest absolute Gasteiger partial charge is 0.201 e. The quantitative estimate of drug-likeness (QED) is 0.506. The third-order valence-corrected chi connectivity index (χ3v) is 5.54. The Hall–Kier alpha value is 0.630. The zero-order chi connectivity index (χ0) is 11.2. The van der Waals surface area contributed by atoms with E-state index < -0.39 is 17.6 Å². The van der Waals surface area contributed by atoms with Crippen LogP contribution in [0, 0.1) is 0 Å². The summed E-state index contributed by atoms with van der Waals surface area (Å²) in [4.78, 5) is 0. The molecule has 0 radical (unpaired) electrons. The molecule has 0 amide bonds. The van der Waals surface area contributed by atoms with E-state index in [0.29, 0.717) is 12.8 Å². The molecule has 0 fully saturated rings. The van der Waals surface area contributed by atoms with E-state index in [0.717, 1.165) is 10.8 Å². The lowest BCUT2D eigenvalue weighted by Crippen LogP contribution is -2.05. The summed E-state index contributed by atoms with van der Waals surface area (Å²) < 4.78 is 37.7. The van der Waals surface area contributed by atoms with Crippen molar-refractivity contribution in [3.63, 3.8) is 0 Å². The third-order valence-electron chi connectivity index (χ3n) is 1.34. The van der Waals surface area contributed by atoms with Crippen molar-refractivity contribution < 1.29 is 16.8 Å². The minimum absolute atomic E-state index is 0.125. The predicted molar refractivity (Wildman–Crippen MR) is 63.9 cm³/mol. The molecular formula is C6H14O4S4. The summed E-state index contributed by atoms with van der Waals surface area (Å²) in [6.07, 6.45) is 3.93. The summed E-state index contributed by atoms with van der Waals surface area (Å²) in [5.74, 6) is 0.125. The molecule has 14 heavy (non-hydrogen) atoms. The van der Waals surface area contributed by atoms with Crippen molar-refractivity contribution in [3.05, 3.63) is 0 Å². The van der Waals surface area contributed by atoms with Gasteiger partial charge in [-0.1, -0.05) is 0 Å². The van der Waals surface area contributed by atoms with Crippen molar-refractivity contribution >= 4 is 39.6 Å². The van der Waals surface area contributed by atoms with Gasteiger partial charge in [-0.15, -0.1) is 0 Å². The minimum Gasteiger partial charge on any atom is -0.290 e. The number of unbranched alkanes of at least 4 members (excludes halogenated alkanes) is 1. The first-order valence-corrected chi connectivity index (χ1v) is 10.1. The maximum atomic E-state index is 11.0. The Balaban J connectivity index is 3.59. The van der Waals surface area contributed by atoms with Crippen LogP contribution in [0.2, 0.25) is 0 Å². The molecule has 0 saturated carbocycles. The van der Waals surface area contributed by atoms with E-state index in [2.05, 4.69) is 11.2 Å². The highest BCUT2D eigenvalue weighted by atomic mass is 33.1. The Morgan fingerprint density at radius 1 is 1.29 bits per heavy atom. The molecule has 0 aromatic carbocycles. The zero-order valence-corrected chi connectivity index (χ0v) is 11.4. The van der Waals surface area contributed by atoms with Crippen molar-refractivity contribution in [1.29, 1.82) is 0 Å². The number of hydrogen-bond donors (Lipinski definition) is 0. The SMILES string of the molecule is CSS(=O)(=O)CCCCOS(C)(=O)=S. The topological polar surface area (TPSA) is 60.4 Å². The van der Waals surface area contributed by atoms with Gasteiger partial charge < -0.3 is 0 Å². The highest BCUT2D eigenvalue weighted by Gasteiger charge is 2.07. The molecule has 0 aliphatic heterocycles. The minimum atomic E-state index is -2.97. The molecule has 0 bridgehead atoms. The Kier molecular flexibility index (Phi) is 6.55. The molecule has 86 valence electrons. The van der Waals surface area contributed by atoms with Crippen molar-refractivity contribution in [1.82, 2.24) is 0 Å². The van der Waals surface area contributed by atoms with Crippen LogP contribution >= 0.6 is 10.8 Å². The second-order valence-electron chi connectivity index (χ2n) is 2.66. The summed E-state index contributed by atoms with van der Waals surface area (Å²) in [5, 5.41) is 0. The second kappa shape index (κ2) is 6.26. The maximum Gasteiger partial charge on any atom is 0.201 e. The largest absolute Gasteiger partial charge is 0.290 e. The van der Waals surface area contributed by atoms with Gasteiger partial charge in [-0.25, -0.2) is 12.6 Å². The normalized spacial score (nSPS) is 16.4. The molecule has 4 nitrogen and oxygen atoms in total. The standard InChI is InChI=1S/C6H14O4S4/c1-12-14(8,9)6-4-3-5-10-13(2,7)11/h3-6H2,1-2H3. The van der Waals surface area contributed by atoms with Gasteiger partial charge >= 0.3 is 0 Å². The third kappa shape index (κ3) is 9.20. The molecule has 1 atom stereocenters. The molecule has 8 heteroatoms. The molecule has 0 rings (SSSR count). The zero-order valence-electron chi connectivity index (χ0n) is 8.09. The lowest BCUT2D eigenvalue weighted by Gasteiger charge is -2.02. The average molecular weight is 278 g/mol. The predicted octanol–water partition coefficient (Wildman–Crippen LogP) is 0.767. The molecule has 0 aromatic rings. The number of rotatable bonds is 7. The first-order chi connectivity index (χ1) is 6.27. The van der Waals surface area contributed by atoms with Crippen LogP contribution in [-0.2, 0) is 33.0 Å². The summed E-state index contributed by atoms with van der Waals surface area (Å²) in [7, 11) is -4.69. The Morgan fingerprint density at radius 2 is 1.86 bits per heavy atom. The molecule has 0 aromatic heterocycles. The Labute approximate surface area is 94.0 Å². The van der Waals surface area contributed by atoms with E-state index in [1.54, 1.807) is 0 Å². The van der Waals surface area contributed by atoms with Gasteiger partial charge in [0, 0.05) is 17.4 Å². The van der Waals surface area contributed by atoms with E-state index in [9.17, 15) is 12.6 Å². The van der Waals surface area contributed by atoms with Crippen LogP contribution < -0.4 is 0 Å². The van der Waals surface area contributed by atoms with Gasteiger partial charge in [0.25, 0.3) is 0 Å². The maximum absolute atomic E-state index is 11.0. The molecule has 0 spiro atoms. The van der Waals surface area contributed by atoms with Crippen LogP contribution in [0.25, 0.3) is 0 Å². The molecule has 0 aliphatic carbocycles. The molecule has 0 aliphatic rings. The lowest BCUT2D eigenvalue weighted by molar-refractivity contribution is 0.339. The van der Waals surface area contributed by atoms with E-state index in [1.165, 1.54) is 12.5 Å². The number of hydrogen-bond acceptors (Lipinski definition) is 6. The van der Waals surface area contributed by atoms with Crippen LogP contribution in [0.1, 0.15) is 12.8 Å². The fraction of sp³-hybridized carbons (Fsp3) is 1.00.